The molecule has 0 saturated carbocycles. The van der Waals surface area contributed by atoms with E-state index in [2.05, 4.69) is 12.2 Å². The van der Waals surface area contributed by atoms with E-state index >= 15 is 0 Å². The summed E-state index contributed by atoms with van der Waals surface area (Å²) in [5.74, 6) is -0.0964. The SMILES string of the molecule is CCc1ccccc1NC(=O)c1ccc(C(=O)N2CCCCC2)cc1. The molecule has 0 radical (unpaired) electrons. The lowest BCUT2D eigenvalue weighted by atomic mass is 10.1. The summed E-state index contributed by atoms with van der Waals surface area (Å²) in [6.07, 6.45) is 4.20. The smallest absolute Gasteiger partial charge is 0.255 e. The molecule has 130 valence electrons. The molecule has 1 fully saturated rings. The molecule has 0 aromatic heterocycles. The molecule has 1 aliphatic rings. The van der Waals surface area contributed by atoms with Gasteiger partial charge in [-0.2, -0.15) is 0 Å². The molecule has 0 bridgehead atoms. The quantitative estimate of drug-likeness (QED) is 0.913. The van der Waals surface area contributed by atoms with Gasteiger partial charge in [-0.15, -0.1) is 0 Å². The Balaban J connectivity index is 1.69. The Bertz CT molecular complexity index is 747. The predicted octanol–water partition coefficient (Wildman–Crippen LogP) is 4.13. The fraction of sp³-hybridized carbons (Fsp3) is 0.333. The van der Waals surface area contributed by atoms with Gasteiger partial charge < -0.3 is 10.2 Å². The molecular formula is C21H24N2O2. The van der Waals surface area contributed by atoms with Gasteiger partial charge >= 0.3 is 0 Å². The van der Waals surface area contributed by atoms with Crippen molar-refractivity contribution < 1.29 is 9.59 Å². The maximum absolute atomic E-state index is 12.5. The third kappa shape index (κ3) is 4.08. The Morgan fingerprint density at radius 3 is 2.24 bits per heavy atom. The normalized spacial score (nSPS) is 14.2. The molecule has 1 heterocycles. The largest absolute Gasteiger partial charge is 0.339 e. The number of anilines is 1. The van der Waals surface area contributed by atoms with Crippen molar-refractivity contribution in [2.45, 2.75) is 32.6 Å². The number of aryl methyl sites for hydroxylation is 1. The van der Waals surface area contributed by atoms with Crippen molar-refractivity contribution in [1.82, 2.24) is 4.90 Å². The highest BCUT2D eigenvalue weighted by Gasteiger charge is 2.18. The average molecular weight is 336 g/mol. The van der Waals surface area contributed by atoms with Gasteiger partial charge in [0.1, 0.15) is 0 Å². The van der Waals surface area contributed by atoms with Gasteiger partial charge in [0.15, 0.2) is 0 Å². The van der Waals surface area contributed by atoms with Crippen LogP contribution < -0.4 is 5.32 Å². The van der Waals surface area contributed by atoms with Crippen molar-refractivity contribution in [3.05, 3.63) is 65.2 Å². The second kappa shape index (κ2) is 7.97. The van der Waals surface area contributed by atoms with E-state index in [4.69, 9.17) is 0 Å². The van der Waals surface area contributed by atoms with E-state index in [1.807, 2.05) is 29.2 Å². The lowest BCUT2D eigenvalue weighted by Crippen LogP contribution is -2.35. The van der Waals surface area contributed by atoms with Gasteiger partial charge in [0.2, 0.25) is 0 Å². The number of carbonyl (C=O) groups excluding carboxylic acids is 2. The van der Waals surface area contributed by atoms with Crippen LogP contribution in [0.2, 0.25) is 0 Å². The van der Waals surface area contributed by atoms with Gasteiger partial charge in [0.05, 0.1) is 0 Å². The minimum absolute atomic E-state index is 0.0583. The lowest BCUT2D eigenvalue weighted by molar-refractivity contribution is 0.0724. The maximum atomic E-state index is 12.5. The van der Waals surface area contributed by atoms with Crippen LogP contribution in [0.15, 0.2) is 48.5 Å². The van der Waals surface area contributed by atoms with E-state index in [0.717, 1.165) is 43.6 Å². The van der Waals surface area contributed by atoms with Gasteiger partial charge in [-0.1, -0.05) is 25.1 Å². The molecule has 1 saturated heterocycles. The second-order valence-corrected chi connectivity index (χ2v) is 6.40. The first kappa shape index (κ1) is 17.2. The standard InChI is InChI=1S/C21H24N2O2/c1-2-16-8-4-5-9-19(16)22-20(24)17-10-12-18(13-11-17)21(25)23-14-6-3-7-15-23/h4-5,8-13H,2-3,6-7,14-15H2,1H3,(H,22,24). The lowest BCUT2D eigenvalue weighted by Gasteiger charge is -2.26. The number of piperidine rings is 1. The summed E-state index contributed by atoms with van der Waals surface area (Å²) >= 11 is 0. The molecule has 0 spiro atoms. The first-order valence-corrected chi connectivity index (χ1v) is 8.97. The van der Waals surface area contributed by atoms with Crippen LogP contribution in [0.4, 0.5) is 5.69 Å². The van der Waals surface area contributed by atoms with Crippen molar-refractivity contribution in [2.24, 2.45) is 0 Å². The number of benzene rings is 2. The molecule has 2 aromatic carbocycles. The number of hydrogen-bond acceptors (Lipinski definition) is 2. The zero-order chi connectivity index (χ0) is 17.6. The molecule has 2 amide bonds. The van der Waals surface area contributed by atoms with Crippen molar-refractivity contribution in [1.29, 1.82) is 0 Å². The average Bonchev–Trinajstić information content (AvgIpc) is 2.68. The zero-order valence-electron chi connectivity index (χ0n) is 14.6. The van der Waals surface area contributed by atoms with Crippen molar-refractivity contribution in [2.75, 3.05) is 18.4 Å². The summed E-state index contributed by atoms with van der Waals surface area (Å²) in [6, 6.07) is 14.7. The summed E-state index contributed by atoms with van der Waals surface area (Å²) < 4.78 is 0. The van der Waals surface area contributed by atoms with E-state index in [-0.39, 0.29) is 11.8 Å². The Morgan fingerprint density at radius 1 is 0.920 bits per heavy atom. The molecule has 1 N–H and O–H groups in total. The summed E-state index contributed by atoms with van der Waals surface area (Å²) in [5, 5.41) is 2.96. The second-order valence-electron chi connectivity index (χ2n) is 6.40. The number of nitrogens with one attached hydrogen (secondary N) is 1. The minimum Gasteiger partial charge on any atom is -0.339 e. The number of carbonyl (C=O) groups is 2. The van der Waals surface area contributed by atoms with Gasteiger partial charge in [0, 0.05) is 29.9 Å². The van der Waals surface area contributed by atoms with Crippen LogP contribution in [0.3, 0.4) is 0 Å². The predicted molar refractivity (Wildman–Crippen MR) is 100.0 cm³/mol. The molecule has 4 nitrogen and oxygen atoms in total. The molecule has 0 aliphatic carbocycles. The van der Waals surface area contributed by atoms with Gasteiger partial charge in [0.25, 0.3) is 11.8 Å². The molecule has 1 aliphatic heterocycles. The van der Waals surface area contributed by atoms with Crippen molar-refractivity contribution >= 4 is 17.5 Å². The highest BCUT2D eigenvalue weighted by atomic mass is 16.2. The number of likely N-dealkylation sites (tertiary alicyclic amines) is 1. The van der Waals surface area contributed by atoms with Gasteiger partial charge in [-0.05, 0) is 61.6 Å². The first-order chi connectivity index (χ1) is 12.2. The van der Waals surface area contributed by atoms with Crippen molar-refractivity contribution in [3.63, 3.8) is 0 Å². The molecule has 0 unspecified atom stereocenters. The van der Waals surface area contributed by atoms with Gasteiger partial charge in [-0.25, -0.2) is 0 Å². The van der Waals surface area contributed by atoms with Crippen LogP contribution in [0.1, 0.15) is 52.5 Å². The molecule has 25 heavy (non-hydrogen) atoms. The Kier molecular flexibility index (Phi) is 5.49. The topological polar surface area (TPSA) is 49.4 Å². The summed E-state index contributed by atoms with van der Waals surface area (Å²) in [5.41, 5.74) is 3.14. The summed E-state index contributed by atoms with van der Waals surface area (Å²) in [6.45, 7) is 3.72. The number of rotatable bonds is 4. The fourth-order valence-electron chi connectivity index (χ4n) is 3.19. The molecule has 0 atom stereocenters. The molecule has 3 rings (SSSR count). The van der Waals surface area contributed by atoms with Crippen LogP contribution in [-0.2, 0) is 6.42 Å². The van der Waals surface area contributed by atoms with Crippen LogP contribution >= 0.6 is 0 Å². The Hall–Kier alpha value is -2.62. The third-order valence-electron chi connectivity index (χ3n) is 4.68. The molecule has 2 aromatic rings. The van der Waals surface area contributed by atoms with Crippen LogP contribution in [0.5, 0.6) is 0 Å². The van der Waals surface area contributed by atoms with Crippen molar-refractivity contribution in [3.8, 4) is 0 Å². The van der Waals surface area contributed by atoms with E-state index in [9.17, 15) is 9.59 Å². The fourth-order valence-corrected chi connectivity index (χ4v) is 3.19. The van der Waals surface area contributed by atoms with Gasteiger partial charge in [-0.3, -0.25) is 9.59 Å². The zero-order valence-corrected chi connectivity index (χ0v) is 14.6. The first-order valence-electron chi connectivity index (χ1n) is 8.97. The highest BCUT2D eigenvalue weighted by Crippen LogP contribution is 2.18. The van der Waals surface area contributed by atoms with E-state index < -0.39 is 0 Å². The number of hydrogen-bond donors (Lipinski definition) is 1. The Morgan fingerprint density at radius 2 is 1.56 bits per heavy atom. The van der Waals surface area contributed by atoms with E-state index in [1.165, 1.54) is 6.42 Å². The summed E-state index contributed by atoms with van der Waals surface area (Å²) in [4.78, 5) is 26.8. The minimum atomic E-state index is -0.155. The van der Waals surface area contributed by atoms with E-state index in [1.54, 1.807) is 24.3 Å². The van der Waals surface area contributed by atoms with E-state index in [0.29, 0.717) is 11.1 Å². The number of nitrogens with zero attached hydrogens (tertiary/aromatic N) is 1. The highest BCUT2D eigenvalue weighted by molar-refractivity contribution is 6.05. The maximum Gasteiger partial charge on any atom is 0.255 e. The third-order valence-corrected chi connectivity index (χ3v) is 4.68. The Labute approximate surface area is 148 Å². The van der Waals surface area contributed by atoms with Crippen LogP contribution in [0.25, 0.3) is 0 Å². The molecular weight excluding hydrogens is 312 g/mol. The van der Waals surface area contributed by atoms with Crippen LogP contribution in [-0.4, -0.2) is 29.8 Å². The number of amides is 2. The monoisotopic (exact) mass is 336 g/mol. The van der Waals surface area contributed by atoms with Crippen LogP contribution in [0, 0.1) is 0 Å². The summed E-state index contributed by atoms with van der Waals surface area (Å²) in [7, 11) is 0. The molecule has 4 heteroatoms. The number of para-hydroxylation sites is 1.